The minimum Gasteiger partial charge on any atom is -0.314 e. The van der Waals surface area contributed by atoms with E-state index in [1.807, 2.05) is 4.90 Å². The van der Waals surface area contributed by atoms with Crippen LogP contribution in [0, 0.1) is 10.1 Å². The highest BCUT2D eigenvalue weighted by Gasteiger charge is 2.22. The first kappa shape index (κ1) is 12.7. The van der Waals surface area contributed by atoms with Crippen LogP contribution < -0.4 is 5.32 Å². The first-order valence-electron chi connectivity index (χ1n) is 5.87. The molecule has 0 aromatic heterocycles. The molecule has 18 heavy (non-hydrogen) atoms. The highest BCUT2D eigenvalue weighted by atomic mass is 16.6. The monoisotopic (exact) mass is 249 g/mol. The highest BCUT2D eigenvalue weighted by molar-refractivity contribution is 5.62. The van der Waals surface area contributed by atoms with Gasteiger partial charge < -0.3 is 10.1 Å². The van der Waals surface area contributed by atoms with Crippen molar-refractivity contribution in [1.82, 2.24) is 10.2 Å². The number of nitrogens with one attached hydrogen (secondary N) is 1. The molecular weight excluding hydrogens is 234 g/mol. The summed E-state index contributed by atoms with van der Waals surface area (Å²) in [6.07, 6.45) is 0.852. The van der Waals surface area contributed by atoms with Gasteiger partial charge in [0, 0.05) is 38.3 Å². The Hall–Kier alpha value is -1.79. The van der Waals surface area contributed by atoms with E-state index in [1.165, 1.54) is 12.1 Å². The van der Waals surface area contributed by atoms with Gasteiger partial charge in [0.1, 0.15) is 6.29 Å². The zero-order chi connectivity index (χ0) is 13.0. The molecule has 6 heteroatoms. The summed E-state index contributed by atoms with van der Waals surface area (Å²) < 4.78 is 0. The molecule has 0 radical (unpaired) electrons. The Morgan fingerprint density at radius 2 is 2.11 bits per heavy atom. The average Bonchev–Trinajstić information content (AvgIpc) is 2.41. The average molecular weight is 249 g/mol. The summed E-state index contributed by atoms with van der Waals surface area (Å²) in [5.74, 6) is 0. The molecule has 1 aliphatic heterocycles. The van der Waals surface area contributed by atoms with Crippen molar-refractivity contribution in [2.24, 2.45) is 0 Å². The van der Waals surface area contributed by atoms with E-state index in [9.17, 15) is 14.9 Å². The number of nitrogens with zero attached hydrogens (tertiary/aromatic N) is 2. The number of rotatable bonds is 4. The van der Waals surface area contributed by atoms with Gasteiger partial charge in [0.15, 0.2) is 0 Å². The molecule has 6 nitrogen and oxygen atoms in total. The van der Waals surface area contributed by atoms with Gasteiger partial charge in [-0.3, -0.25) is 15.0 Å². The van der Waals surface area contributed by atoms with Crippen LogP contribution in [-0.4, -0.2) is 42.3 Å². The van der Waals surface area contributed by atoms with Gasteiger partial charge in [-0.25, -0.2) is 0 Å². The maximum atomic E-state index is 11.3. The molecular formula is C12H15N3O3. The van der Waals surface area contributed by atoms with Crippen molar-refractivity contribution in [1.29, 1.82) is 0 Å². The van der Waals surface area contributed by atoms with Crippen LogP contribution in [0.1, 0.15) is 11.6 Å². The molecule has 0 amide bonds. The molecule has 1 saturated heterocycles. The van der Waals surface area contributed by atoms with Crippen LogP contribution in [0.15, 0.2) is 24.3 Å². The predicted octanol–water partition coefficient (Wildman–Crippen LogP) is 0.740. The molecule has 1 atom stereocenters. The number of piperazine rings is 1. The van der Waals surface area contributed by atoms with E-state index in [-0.39, 0.29) is 5.69 Å². The van der Waals surface area contributed by atoms with Gasteiger partial charge in [-0.15, -0.1) is 0 Å². The van der Waals surface area contributed by atoms with E-state index in [4.69, 9.17) is 0 Å². The van der Waals surface area contributed by atoms with Crippen LogP contribution in [0.25, 0.3) is 0 Å². The number of hydrogen-bond donors (Lipinski definition) is 1. The van der Waals surface area contributed by atoms with Crippen molar-refractivity contribution in [3.8, 4) is 0 Å². The summed E-state index contributed by atoms with van der Waals surface area (Å²) in [5, 5.41) is 13.9. The second kappa shape index (κ2) is 5.70. The molecule has 0 spiro atoms. The fourth-order valence-electron chi connectivity index (χ4n) is 2.16. The van der Waals surface area contributed by atoms with Gasteiger partial charge in [0.25, 0.3) is 5.69 Å². The first-order valence-corrected chi connectivity index (χ1v) is 5.87. The first-order chi connectivity index (χ1) is 8.72. The van der Waals surface area contributed by atoms with Crippen molar-refractivity contribution < 1.29 is 9.72 Å². The van der Waals surface area contributed by atoms with Gasteiger partial charge in [-0.05, 0) is 5.56 Å². The van der Waals surface area contributed by atoms with Gasteiger partial charge in [0.2, 0.25) is 0 Å². The number of carbonyl (C=O) groups excluding carboxylic acids is 1. The van der Waals surface area contributed by atoms with Gasteiger partial charge in [0.05, 0.1) is 11.0 Å². The van der Waals surface area contributed by atoms with Crippen LogP contribution >= 0.6 is 0 Å². The van der Waals surface area contributed by atoms with Crippen LogP contribution in [0.4, 0.5) is 5.69 Å². The van der Waals surface area contributed by atoms with Crippen LogP contribution in [-0.2, 0) is 4.79 Å². The van der Waals surface area contributed by atoms with E-state index < -0.39 is 11.0 Å². The predicted molar refractivity (Wildman–Crippen MR) is 66.3 cm³/mol. The number of hydrogen-bond acceptors (Lipinski definition) is 5. The zero-order valence-electron chi connectivity index (χ0n) is 9.91. The fourth-order valence-corrected chi connectivity index (χ4v) is 2.16. The molecule has 1 N–H and O–H groups in total. The molecule has 0 saturated carbocycles. The summed E-state index contributed by atoms with van der Waals surface area (Å²) in [6.45, 7) is 3.21. The van der Waals surface area contributed by atoms with E-state index >= 15 is 0 Å². The Morgan fingerprint density at radius 3 is 2.72 bits per heavy atom. The molecule has 1 aromatic carbocycles. The number of non-ortho nitro benzene ring substituents is 1. The zero-order valence-corrected chi connectivity index (χ0v) is 9.91. The quantitative estimate of drug-likeness (QED) is 0.484. The fraction of sp³-hybridized carbons (Fsp3) is 0.417. The lowest BCUT2D eigenvalue weighted by Gasteiger charge is -2.31. The van der Waals surface area contributed by atoms with Gasteiger partial charge >= 0.3 is 0 Å². The summed E-state index contributed by atoms with van der Waals surface area (Å²) in [5.41, 5.74) is 0.704. The second-order valence-electron chi connectivity index (χ2n) is 4.22. The minimum absolute atomic E-state index is 0.0227. The highest BCUT2D eigenvalue weighted by Crippen LogP contribution is 2.22. The molecule has 2 rings (SSSR count). The topological polar surface area (TPSA) is 75.5 Å². The third-order valence-electron chi connectivity index (χ3n) is 3.10. The van der Waals surface area contributed by atoms with E-state index in [0.29, 0.717) is 5.56 Å². The molecule has 0 aliphatic carbocycles. The normalized spacial score (nSPS) is 18.2. The van der Waals surface area contributed by atoms with Crippen LogP contribution in [0.2, 0.25) is 0 Å². The lowest BCUT2D eigenvalue weighted by atomic mass is 10.1. The Morgan fingerprint density at radius 1 is 1.39 bits per heavy atom. The van der Waals surface area contributed by atoms with Crippen molar-refractivity contribution in [3.63, 3.8) is 0 Å². The molecule has 1 heterocycles. The number of benzene rings is 1. The maximum Gasteiger partial charge on any atom is 0.269 e. The second-order valence-corrected chi connectivity index (χ2v) is 4.22. The molecule has 1 fully saturated rings. The largest absolute Gasteiger partial charge is 0.314 e. The maximum absolute atomic E-state index is 11.3. The van der Waals surface area contributed by atoms with Crippen molar-refractivity contribution >= 4 is 12.0 Å². The Kier molecular flexibility index (Phi) is 4.01. The summed E-state index contributed by atoms with van der Waals surface area (Å²) in [4.78, 5) is 23.6. The minimum atomic E-state index is -0.441. The number of nitro groups is 1. The number of carbonyl (C=O) groups is 1. The van der Waals surface area contributed by atoms with E-state index in [2.05, 4.69) is 5.32 Å². The standard InChI is InChI=1S/C12H15N3O3/c16-9-12(14-6-4-13-5-7-14)10-2-1-3-11(8-10)15(17)18/h1-3,8-9,12-13H,4-7H2. The third-order valence-corrected chi connectivity index (χ3v) is 3.10. The third kappa shape index (κ3) is 2.72. The Balaban J connectivity index is 2.23. The van der Waals surface area contributed by atoms with Gasteiger partial charge in [-0.1, -0.05) is 12.1 Å². The molecule has 96 valence electrons. The van der Waals surface area contributed by atoms with E-state index in [1.54, 1.807) is 12.1 Å². The summed E-state index contributed by atoms with van der Waals surface area (Å²) >= 11 is 0. The molecule has 1 unspecified atom stereocenters. The molecule has 1 aromatic rings. The molecule has 1 aliphatic rings. The number of nitro benzene ring substituents is 1. The van der Waals surface area contributed by atoms with Crippen molar-refractivity contribution in [3.05, 3.63) is 39.9 Å². The van der Waals surface area contributed by atoms with E-state index in [0.717, 1.165) is 32.5 Å². The van der Waals surface area contributed by atoms with Crippen LogP contribution in [0.5, 0.6) is 0 Å². The Bertz CT molecular complexity index is 444. The van der Waals surface area contributed by atoms with Crippen molar-refractivity contribution in [2.75, 3.05) is 26.2 Å². The lowest BCUT2D eigenvalue weighted by Crippen LogP contribution is -2.45. The van der Waals surface area contributed by atoms with Crippen molar-refractivity contribution in [2.45, 2.75) is 6.04 Å². The van der Waals surface area contributed by atoms with Crippen LogP contribution in [0.3, 0.4) is 0 Å². The Labute approximate surface area is 105 Å². The summed E-state index contributed by atoms with van der Waals surface area (Å²) in [7, 11) is 0. The smallest absolute Gasteiger partial charge is 0.269 e. The molecule has 0 bridgehead atoms. The SMILES string of the molecule is O=CC(c1cccc([N+](=O)[O-])c1)N1CCNCC1. The summed E-state index contributed by atoms with van der Waals surface area (Å²) in [6, 6.07) is 5.89. The number of aldehydes is 1. The lowest BCUT2D eigenvalue weighted by molar-refractivity contribution is -0.384. The van der Waals surface area contributed by atoms with Gasteiger partial charge in [-0.2, -0.15) is 0 Å².